The van der Waals surface area contributed by atoms with Crippen molar-refractivity contribution in [1.29, 1.82) is 0 Å². The normalized spacial score (nSPS) is 14.2. The lowest BCUT2D eigenvalue weighted by Gasteiger charge is -2.08. The van der Waals surface area contributed by atoms with Gasteiger partial charge in [0, 0.05) is 18.9 Å². The molecule has 1 aliphatic rings. The summed E-state index contributed by atoms with van der Waals surface area (Å²) in [6.45, 7) is 0. The SMILES string of the molecule is O=C1CCCc2onc(-c3ccccc3[N+](=O)[O-])c21. The Balaban J connectivity index is 2.21. The molecule has 0 unspecified atom stereocenters. The molecule has 3 rings (SSSR count). The molecule has 1 aromatic heterocycles. The van der Waals surface area contributed by atoms with E-state index in [0.29, 0.717) is 29.7 Å². The molecule has 0 saturated carbocycles. The average molecular weight is 258 g/mol. The van der Waals surface area contributed by atoms with Crippen LogP contribution in [-0.4, -0.2) is 15.9 Å². The fourth-order valence-electron chi connectivity index (χ4n) is 2.33. The Morgan fingerprint density at radius 2 is 2.05 bits per heavy atom. The molecule has 0 bridgehead atoms. The van der Waals surface area contributed by atoms with Gasteiger partial charge >= 0.3 is 0 Å². The van der Waals surface area contributed by atoms with Gasteiger partial charge in [-0.15, -0.1) is 0 Å². The zero-order valence-corrected chi connectivity index (χ0v) is 9.96. The summed E-state index contributed by atoms with van der Waals surface area (Å²) in [5.74, 6) is 0.472. The maximum atomic E-state index is 12.0. The number of benzene rings is 1. The number of hydrogen-bond donors (Lipinski definition) is 0. The van der Waals surface area contributed by atoms with Gasteiger partial charge in [-0.1, -0.05) is 17.3 Å². The minimum Gasteiger partial charge on any atom is -0.360 e. The highest BCUT2D eigenvalue weighted by atomic mass is 16.6. The van der Waals surface area contributed by atoms with Gasteiger partial charge in [-0.05, 0) is 12.5 Å². The number of Topliss-reactive ketones (excluding diaryl/α,β-unsaturated/α-hetero) is 1. The molecule has 0 fully saturated rings. The average Bonchev–Trinajstić information content (AvgIpc) is 2.84. The molecule has 6 nitrogen and oxygen atoms in total. The molecule has 0 spiro atoms. The van der Waals surface area contributed by atoms with E-state index in [1.807, 2.05) is 0 Å². The Labute approximate surface area is 108 Å². The number of aromatic nitrogens is 1. The van der Waals surface area contributed by atoms with Gasteiger partial charge in [-0.25, -0.2) is 0 Å². The van der Waals surface area contributed by atoms with E-state index in [1.54, 1.807) is 18.2 Å². The second-order valence-electron chi connectivity index (χ2n) is 4.38. The number of hydrogen-bond acceptors (Lipinski definition) is 5. The second-order valence-corrected chi connectivity index (χ2v) is 4.38. The lowest BCUT2D eigenvalue weighted by Crippen LogP contribution is -2.09. The molecule has 0 N–H and O–H groups in total. The first-order chi connectivity index (χ1) is 9.18. The first-order valence-corrected chi connectivity index (χ1v) is 5.94. The molecule has 1 aliphatic carbocycles. The molecule has 19 heavy (non-hydrogen) atoms. The van der Waals surface area contributed by atoms with Crippen LogP contribution >= 0.6 is 0 Å². The third-order valence-corrected chi connectivity index (χ3v) is 3.21. The molecule has 96 valence electrons. The standard InChI is InChI=1S/C13H10N2O4/c16-10-6-3-7-11-12(10)13(14-19-11)8-4-1-2-5-9(8)15(17)18/h1-2,4-5H,3,6-7H2. The van der Waals surface area contributed by atoms with E-state index in [-0.39, 0.29) is 17.2 Å². The monoisotopic (exact) mass is 258 g/mol. The molecule has 2 aromatic rings. The number of aryl methyl sites for hydroxylation is 1. The molecule has 6 heteroatoms. The topological polar surface area (TPSA) is 86.2 Å². The van der Waals surface area contributed by atoms with Crippen molar-refractivity contribution in [3.8, 4) is 11.3 Å². The Morgan fingerprint density at radius 3 is 2.84 bits per heavy atom. The van der Waals surface area contributed by atoms with Gasteiger partial charge in [0.1, 0.15) is 11.5 Å². The third kappa shape index (κ3) is 1.81. The Hall–Kier alpha value is -2.50. The zero-order chi connectivity index (χ0) is 13.4. The second kappa shape index (κ2) is 4.31. The summed E-state index contributed by atoms with van der Waals surface area (Å²) in [4.78, 5) is 22.5. The van der Waals surface area contributed by atoms with E-state index in [1.165, 1.54) is 6.07 Å². The molecule has 0 saturated heterocycles. The fraction of sp³-hybridized carbons (Fsp3) is 0.231. The van der Waals surface area contributed by atoms with Gasteiger partial charge in [0.25, 0.3) is 5.69 Å². The number of carbonyl (C=O) groups excluding carboxylic acids is 1. The van der Waals surface area contributed by atoms with Crippen LogP contribution in [0.15, 0.2) is 28.8 Å². The zero-order valence-electron chi connectivity index (χ0n) is 9.96. The Morgan fingerprint density at radius 1 is 1.26 bits per heavy atom. The van der Waals surface area contributed by atoms with Crippen LogP contribution in [0.2, 0.25) is 0 Å². The van der Waals surface area contributed by atoms with Crippen LogP contribution < -0.4 is 0 Å². The van der Waals surface area contributed by atoms with Crippen molar-refractivity contribution in [2.75, 3.05) is 0 Å². The molecular weight excluding hydrogens is 248 g/mol. The van der Waals surface area contributed by atoms with Crippen LogP contribution in [0.4, 0.5) is 5.69 Å². The van der Waals surface area contributed by atoms with Crippen LogP contribution in [0.3, 0.4) is 0 Å². The predicted octanol–water partition coefficient (Wildman–Crippen LogP) is 2.77. The van der Waals surface area contributed by atoms with E-state index < -0.39 is 4.92 Å². The molecule has 0 amide bonds. The van der Waals surface area contributed by atoms with Crippen LogP contribution in [0.1, 0.15) is 29.0 Å². The van der Waals surface area contributed by atoms with Gasteiger partial charge in [0.05, 0.1) is 16.1 Å². The first kappa shape index (κ1) is 11.6. The third-order valence-electron chi connectivity index (χ3n) is 3.21. The van der Waals surface area contributed by atoms with Gasteiger partial charge in [0.15, 0.2) is 5.78 Å². The van der Waals surface area contributed by atoms with E-state index >= 15 is 0 Å². The smallest absolute Gasteiger partial charge is 0.278 e. The number of nitro groups is 1. The number of nitrogens with zero attached hydrogens (tertiary/aromatic N) is 2. The molecule has 0 radical (unpaired) electrons. The molecular formula is C13H10N2O4. The molecule has 1 heterocycles. The van der Waals surface area contributed by atoms with Crippen molar-refractivity contribution in [3.63, 3.8) is 0 Å². The van der Waals surface area contributed by atoms with E-state index in [2.05, 4.69) is 5.16 Å². The lowest BCUT2D eigenvalue weighted by molar-refractivity contribution is -0.384. The predicted molar refractivity (Wildman–Crippen MR) is 65.9 cm³/mol. The summed E-state index contributed by atoms with van der Waals surface area (Å²) < 4.78 is 5.15. The van der Waals surface area contributed by atoms with E-state index in [0.717, 1.165) is 6.42 Å². The Kier molecular flexibility index (Phi) is 2.63. The van der Waals surface area contributed by atoms with Crippen LogP contribution in [-0.2, 0) is 6.42 Å². The quantitative estimate of drug-likeness (QED) is 0.610. The Bertz CT molecular complexity index is 675. The van der Waals surface area contributed by atoms with Crippen molar-refractivity contribution in [3.05, 3.63) is 45.7 Å². The number of para-hydroxylation sites is 1. The molecule has 1 aromatic carbocycles. The van der Waals surface area contributed by atoms with E-state index in [4.69, 9.17) is 4.52 Å². The van der Waals surface area contributed by atoms with Gasteiger partial charge in [0.2, 0.25) is 0 Å². The number of carbonyl (C=O) groups is 1. The largest absolute Gasteiger partial charge is 0.360 e. The van der Waals surface area contributed by atoms with Crippen LogP contribution in [0, 0.1) is 10.1 Å². The summed E-state index contributed by atoms with van der Waals surface area (Å²) in [5.41, 5.74) is 0.942. The van der Waals surface area contributed by atoms with Crippen LogP contribution in [0.25, 0.3) is 11.3 Å². The summed E-state index contributed by atoms with van der Waals surface area (Å²) in [7, 11) is 0. The van der Waals surface area contributed by atoms with Crippen molar-refractivity contribution in [1.82, 2.24) is 5.16 Å². The summed E-state index contributed by atoms with van der Waals surface area (Å²) in [5, 5.41) is 14.9. The molecule has 0 atom stereocenters. The van der Waals surface area contributed by atoms with E-state index in [9.17, 15) is 14.9 Å². The maximum absolute atomic E-state index is 12.0. The minimum atomic E-state index is -0.482. The first-order valence-electron chi connectivity index (χ1n) is 5.94. The van der Waals surface area contributed by atoms with Gasteiger partial charge in [-0.2, -0.15) is 0 Å². The number of fused-ring (bicyclic) bond motifs is 1. The highest BCUT2D eigenvalue weighted by Crippen LogP contribution is 2.35. The maximum Gasteiger partial charge on any atom is 0.278 e. The number of ketones is 1. The summed E-state index contributed by atoms with van der Waals surface area (Å²) in [6, 6.07) is 6.23. The van der Waals surface area contributed by atoms with Crippen LogP contribution in [0.5, 0.6) is 0 Å². The molecule has 0 aliphatic heterocycles. The number of rotatable bonds is 2. The minimum absolute atomic E-state index is 0.0596. The number of nitro benzene ring substituents is 1. The van der Waals surface area contributed by atoms with Gasteiger partial charge < -0.3 is 4.52 Å². The summed E-state index contributed by atoms with van der Waals surface area (Å²) >= 11 is 0. The highest BCUT2D eigenvalue weighted by molar-refractivity contribution is 6.03. The highest BCUT2D eigenvalue weighted by Gasteiger charge is 2.29. The van der Waals surface area contributed by atoms with Crippen molar-refractivity contribution < 1.29 is 14.2 Å². The van der Waals surface area contributed by atoms with Crippen molar-refractivity contribution in [2.24, 2.45) is 0 Å². The van der Waals surface area contributed by atoms with Crippen molar-refractivity contribution >= 4 is 11.5 Å². The van der Waals surface area contributed by atoms with Crippen molar-refractivity contribution in [2.45, 2.75) is 19.3 Å². The summed E-state index contributed by atoms with van der Waals surface area (Å²) in [6.07, 6.45) is 1.81. The fourth-order valence-corrected chi connectivity index (χ4v) is 2.33. The lowest BCUT2D eigenvalue weighted by atomic mass is 9.92. The van der Waals surface area contributed by atoms with Gasteiger partial charge in [-0.3, -0.25) is 14.9 Å².